The molecule has 3 N–H and O–H groups in total. The minimum absolute atomic E-state index is 0.0434. The van der Waals surface area contributed by atoms with E-state index >= 15 is 0 Å². The van der Waals surface area contributed by atoms with Crippen molar-refractivity contribution >= 4 is 41.2 Å². The lowest BCUT2D eigenvalue weighted by Gasteiger charge is -2.09. The molecule has 0 aliphatic carbocycles. The molecule has 10 heteroatoms. The fourth-order valence-corrected chi connectivity index (χ4v) is 3.16. The summed E-state index contributed by atoms with van der Waals surface area (Å²) in [6, 6.07) is 12.0. The third kappa shape index (κ3) is 7.89. The number of ether oxygens (including phenoxy) is 2. The molecule has 0 unspecified atom stereocenters. The van der Waals surface area contributed by atoms with E-state index in [0.717, 1.165) is 18.4 Å². The zero-order valence-electron chi connectivity index (χ0n) is 18.1. The van der Waals surface area contributed by atoms with Crippen LogP contribution in [0.3, 0.4) is 0 Å². The Kier molecular flexibility index (Phi) is 8.79. The smallest absolute Gasteiger partial charge is 0.329 e. The molecule has 0 spiro atoms. The molecule has 1 saturated heterocycles. The molecule has 3 rings (SSSR count). The van der Waals surface area contributed by atoms with Gasteiger partial charge in [0.15, 0.2) is 6.61 Å². The SMILES string of the molecule is Cc1ccc(NC(=O)COc2ccc(/C=N\NC(=O)C(=O)NC[C@@H]3CCCO3)cc2)cc1Cl. The Bertz CT molecular complexity index is 1020. The highest BCUT2D eigenvalue weighted by atomic mass is 35.5. The van der Waals surface area contributed by atoms with Gasteiger partial charge in [0.25, 0.3) is 5.91 Å². The van der Waals surface area contributed by atoms with Crippen LogP contribution >= 0.6 is 11.6 Å². The maximum absolute atomic E-state index is 12.1. The van der Waals surface area contributed by atoms with Crippen LogP contribution in [0.4, 0.5) is 5.69 Å². The molecule has 3 amide bonds. The van der Waals surface area contributed by atoms with Crippen LogP contribution in [0.15, 0.2) is 47.6 Å². The van der Waals surface area contributed by atoms with Crippen molar-refractivity contribution in [2.75, 3.05) is 25.1 Å². The number of nitrogens with one attached hydrogen (secondary N) is 3. The largest absolute Gasteiger partial charge is 0.484 e. The molecule has 1 aliphatic heterocycles. The summed E-state index contributed by atoms with van der Waals surface area (Å²) in [5.41, 5.74) is 4.36. The van der Waals surface area contributed by atoms with Gasteiger partial charge >= 0.3 is 11.8 Å². The predicted molar refractivity (Wildman–Crippen MR) is 124 cm³/mol. The number of carbonyl (C=O) groups excluding carboxylic acids is 3. The van der Waals surface area contributed by atoms with Gasteiger partial charge in [-0.1, -0.05) is 17.7 Å². The van der Waals surface area contributed by atoms with Gasteiger partial charge in [-0.15, -0.1) is 0 Å². The van der Waals surface area contributed by atoms with E-state index in [1.807, 2.05) is 13.0 Å². The summed E-state index contributed by atoms with van der Waals surface area (Å²) in [6.07, 6.45) is 3.17. The van der Waals surface area contributed by atoms with E-state index in [0.29, 0.717) is 35.2 Å². The highest BCUT2D eigenvalue weighted by molar-refractivity contribution is 6.35. The molecule has 1 heterocycles. The van der Waals surface area contributed by atoms with Crippen molar-refractivity contribution in [3.63, 3.8) is 0 Å². The van der Waals surface area contributed by atoms with Gasteiger partial charge in [-0.2, -0.15) is 5.10 Å². The molecule has 1 aliphatic rings. The Labute approximate surface area is 196 Å². The molecule has 33 heavy (non-hydrogen) atoms. The third-order valence-corrected chi connectivity index (χ3v) is 5.21. The third-order valence-electron chi connectivity index (χ3n) is 4.81. The number of rotatable bonds is 8. The van der Waals surface area contributed by atoms with Gasteiger partial charge < -0.3 is 20.1 Å². The second-order valence-corrected chi connectivity index (χ2v) is 7.82. The number of hydrazone groups is 1. The molecule has 2 aromatic carbocycles. The molecule has 2 aromatic rings. The van der Waals surface area contributed by atoms with E-state index in [9.17, 15) is 14.4 Å². The van der Waals surface area contributed by atoms with Gasteiger partial charge in [-0.25, -0.2) is 5.43 Å². The number of halogens is 1. The fourth-order valence-electron chi connectivity index (χ4n) is 2.98. The highest BCUT2D eigenvalue weighted by Gasteiger charge is 2.18. The van der Waals surface area contributed by atoms with Gasteiger partial charge in [0.1, 0.15) is 5.75 Å². The van der Waals surface area contributed by atoms with Crippen molar-refractivity contribution in [2.24, 2.45) is 5.10 Å². The molecular weight excluding hydrogens is 448 g/mol. The van der Waals surface area contributed by atoms with Crippen LogP contribution in [0, 0.1) is 6.92 Å². The summed E-state index contributed by atoms with van der Waals surface area (Å²) in [5.74, 6) is -1.45. The highest BCUT2D eigenvalue weighted by Crippen LogP contribution is 2.20. The first-order chi connectivity index (χ1) is 15.9. The molecular formula is C23H25ClN4O5. The molecule has 174 valence electrons. The van der Waals surface area contributed by atoms with E-state index in [4.69, 9.17) is 21.1 Å². The fraction of sp³-hybridized carbons (Fsp3) is 0.304. The summed E-state index contributed by atoms with van der Waals surface area (Å²) in [6.45, 7) is 2.69. The summed E-state index contributed by atoms with van der Waals surface area (Å²) >= 11 is 6.05. The number of hydrogen-bond acceptors (Lipinski definition) is 6. The van der Waals surface area contributed by atoms with Gasteiger partial charge in [-0.3, -0.25) is 14.4 Å². The molecule has 0 saturated carbocycles. The van der Waals surface area contributed by atoms with Crippen LogP contribution in [-0.2, 0) is 19.1 Å². The quantitative estimate of drug-likeness (QED) is 0.310. The summed E-state index contributed by atoms with van der Waals surface area (Å²) in [4.78, 5) is 35.6. The van der Waals surface area contributed by atoms with Crippen LogP contribution in [0.2, 0.25) is 5.02 Å². The van der Waals surface area contributed by atoms with Gasteiger partial charge in [0.2, 0.25) is 0 Å². The lowest BCUT2D eigenvalue weighted by Crippen LogP contribution is -2.41. The molecule has 0 aromatic heterocycles. The number of carbonyl (C=O) groups is 3. The average molecular weight is 473 g/mol. The van der Waals surface area contributed by atoms with E-state index in [2.05, 4.69) is 21.2 Å². The normalized spacial score (nSPS) is 15.3. The number of amides is 3. The molecule has 9 nitrogen and oxygen atoms in total. The second-order valence-electron chi connectivity index (χ2n) is 7.41. The number of hydrogen-bond donors (Lipinski definition) is 3. The van der Waals surface area contributed by atoms with Gasteiger partial charge in [0.05, 0.1) is 12.3 Å². The number of nitrogens with zero attached hydrogens (tertiary/aromatic N) is 1. The van der Waals surface area contributed by atoms with Crippen molar-refractivity contribution in [2.45, 2.75) is 25.9 Å². The predicted octanol–water partition coefficient (Wildman–Crippen LogP) is 2.41. The first-order valence-electron chi connectivity index (χ1n) is 10.4. The summed E-state index contributed by atoms with van der Waals surface area (Å²) < 4.78 is 10.9. The van der Waals surface area contributed by atoms with Crippen molar-refractivity contribution in [3.05, 3.63) is 58.6 Å². The molecule has 0 radical (unpaired) electrons. The number of anilines is 1. The van der Waals surface area contributed by atoms with E-state index < -0.39 is 11.8 Å². The van der Waals surface area contributed by atoms with Crippen LogP contribution in [-0.4, -0.2) is 49.8 Å². The summed E-state index contributed by atoms with van der Waals surface area (Å²) in [7, 11) is 0. The first-order valence-corrected chi connectivity index (χ1v) is 10.8. The monoisotopic (exact) mass is 472 g/mol. The number of benzene rings is 2. The van der Waals surface area contributed by atoms with E-state index in [1.54, 1.807) is 36.4 Å². The van der Waals surface area contributed by atoms with Crippen LogP contribution in [0.1, 0.15) is 24.0 Å². The average Bonchev–Trinajstić information content (AvgIpc) is 3.33. The lowest BCUT2D eigenvalue weighted by atomic mass is 10.2. The Hall–Kier alpha value is -3.43. The minimum atomic E-state index is -0.856. The zero-order chi connectivity index (χ0) is 23.6. The van der Waals surface area contributed by atoms with E-state index in [1.165, 1.54) is 6.21 Å². The van der Waals surface area contributed by atoms with Crippen LogP contribution in [0.5, 0.6) is 5.75 Å². The maximum Gasteiger partial charge on any atom is 0.329 e. The Balaban J connectivity index is 1.38. The van der Waals surface area contributed by atoms with Crippen molar-refractivity contribution in [3.8, 4) is 5.75 Å². The van der Waals surface area contributed by atoms with Crippen LogP contribution < -0.4 is 20.8 Å². The van der Waals surface area contributed by atoms with Crippen molar-refractivity contribution in [1.29, 1.82) is 0 Å². The molecule has 1 fully saturated rings. The minimum Gasteiger partial charge on any atom is -0.484 e. The van der Waals surface area contributed by atoms with Crippen molar-refractivity contribution < 1.29 is 23.9 Å². The number of aryl methyl sites for hydroxylation is 1. The summed E-state index contributed by atoms with van der Waals surface area (Å²) in [5, 5.41) is 9.58. The maximum atomic E-state index is 12.1. The molecule has 0 bridgehead atoms. The van der Waals surface area contributed by atoms with E-state index in [-0.39, 0.29) is 18.6 Å². The van der Waals surface area contributed by atoms with Crippen LogP contribution in [0.25, 0.3) is 0 Å². The Morgan fingerprint density at radius 1 is 1.18 bits per heavy atom. The topological polar surface area (TPSA) is 118 Å². The van der Waals surface area contributed by atoms with Crippen molar-refractivity contribution in [1.82, 2.24) is 10.7 Å². The van der Waals surface area contributed by atoms with Gasteiger partial charge in [-0.05, 0) is 67.3 Å². The standard InChI is InChI=1S/C23H25ClN4O5/c1-15-4-7-17(11-20(15)24)27-21(29)14-33-18-8-5-16(6-9-18)12-26-28-23(31)22(30)25-13-19-3-2-10-32-19/h4-9,11-12,19H,2-3,10,13-14H2,1H3,(H,25,30)(H,27,29)(H,28,31)/b26-12-/t19-/m0/s1. The Morgan fingerprint density at radius 3 is 2.67 bits per heavy atom. The van der Waals surface area contributed by atoms with Gasteiger partial charge in [0, 0.05) is 23.9 Å². The zero-order valence-corrected chi connectivity index (χ0v) is 18.9. The Morgan fingerprint density at radius 2 is 1.97 bits per heavy atom. The lowest BCUT2D eigenvalue weighted by molar-refractivity contribution is -0.139. The second kappa shape index (κ2) is 12.0. The molecule has 1 atom stereocenters. The first kappa shape index (κ1) is 24.2.